The van der Waals surface area contributed by atoms with E-state index in [1.54, 1.807) is 0 Å². The van der Waals surface area contributed by atoms with Gasteiger partial charge in [0.15, 0.2) is 0 Å². The van der Waals surface area contributed by atoms with Crippen molar-refractivity contribution >= 4 is 29.1 Å². The van der Waals surface area contributed by atoms with Gasteiger partial charge in [0.25, 0.3) is 0 Å². The molecule has 114 valence electrons. The summed E-state index contributed by atoms with van der Waals surface area (Å²) in [5.41, 5.74) is 5.87. The summed E-state index contributed by atoms with van der Waals surface area (Å²) in [5.74, 6) is 0. The van der Waals surface area contributed by atoms with E-state index in [0.717, 1.165) is 22.6 Å². The molecule has 0 bridgehead atoms. The highest BCUT2D eigenvalue weighted by Gasteiger charge is 2.15. The number of hydrazine groups is 1. The molecule has 2 rings (SSSR count). The molecular weight excluding hydrogens is 290 g/mol. The molecule has 2 aromatic carbocycles. The van der Waals surface area contributed by atoms with Crippen molar-refractivity contribution in [1.29, 1.82) is 0 Å². The second-order valence-electron chi connectivity index (χ2n) is 4.98. The minimum Gasteiger partial charge on any atom is -0.354 e. The number of benzene rings is 2. The number of rotatable bonds is 6. The van der Waals surface area contributed by atoms with Crippen LogP contribution in [0.5, 0.6) is 0 Å². The van der Waals surface area contributed by atoms with E-state index in [1.807, 2.05) is 57.4 Å². The van der Waals surface area contributed by atoms with E-state index >= 15 is 0 Å². The van der Waals surface area contributed by atoms with Gasteiger partial charge in [-0.05, 0) is 19.1 Å². The van der Waals surface area contributed by atoms with Crippen LogP contribution in [0.2, 0.25) is 0 Å². The van der Waals surface area contributed by atoms with Crippen LogP contribution in [0.25, 0.3) is 5.70 Å². The van der Waals surface area contributed by atoms with Crippen LogP contribution in [0.15, 0.2) is 66.4 Å². The Morgan fingerprint density at radius 2 is 1.50 bits per heavy atom. The number of para-hydroxylation sites is 1. The topological polar surface area (TPSA) is 18.5 Å². The second kappa shape index (κ2) is 7.61. The van der Waals surface area contributed by atoms with E-state index in [1.165, 1.54) is 5.49 Å². The van der Waals surface area contributed by atoms with Crippen LogP contribution >= 0.6 is 12.2 Å². The maximum atomic E-state index is 4.94. The summed E-state index contributed by atoms with van der Waals surface area (Å²) in [6.07, 6.45) is 0. The van der Waals surface area contributed by atoms with Crippen LogP contribution in [0, 0.1) is 0 Å². The van der Waals surface area contributed by atoms with Gasteiger partial charge in [-0.2, -0.15) is 0 Å². The third-order valence-corrected chi connectivity index (χ3v) is 3.70. The fourth-order valence-electron chi connectivity index (χ4n) is 2.37. The Labute approximate surface area is 137 Å². The molecule has 0 heterocycles. The smallest absolute Gasteiger partial charge is 0.0832 e. The first-order valence-corrected chi connectivity index (χ1v) is 7.61. The van der Waals surface area contributed by atoms with Crippen LogP contribution in [0.3, 0.4) is 0 Å². The van der Waals surface area contributed by atoms with Gasteiger partial charge in [0, 0.05) is 25.4 Å². The van der Waals surface area contributed by atoms with Gasteiger partial charge in [-0.25, -0.2) is 0 Å². The largest absolute Gasteiger partial charge is 0.354 e. The van der Waals surface area contributed by atoms with E-state index in [4.69, 9.17) is 12.2 Å². The first-order chi connectivity index (χ1) is 10.6. The maximum Gasteiger partial charge on any atom is 0.0832 e. The number of allylic oxidation sites excluding steroid dienone is 1. The molecule has 0 spiro atoms. The lowest BCUT2D eigenvalue weighted by Crippen LogP contribution is -2.36. The zero-order valence-corrected chi connectivity index (χ0v) is 14.0. The van der Waals surface area contributed by atoms with Gasteiger partial charge in [0.05, 0.1) is 16.9 Å². The SMILES string of the molecule is C/C(NC=S)=C(\c1ccccc1)N(C)N(C)c1ccccc1. The van der Waals surface area contributed by atoms with Gasteiger partial charge in [0.1, 0.15) is 0 Å². The fraction of sp³-hybridized carbons (Fsp3) is 0.167. The normalized spacial score (nSPS) is 11.4. The summed E-state index contributed by atoms with van der Waals surface area (Å²) in [4.78, 5) is 0. The second-order valence-corrected chi connectivity index (χ2v) is 5.22. The predicted molar refractivity (Wildman–Crippen MR) is 98.4 cm³/mol. The van der Waals surface area contributed by atoms with Crippen molar-refractivity contribution in [2.24, 2.45) is 0 Å². The molecule has 0 amide bonds. The Morgan fingerprint density at radius 3 is 2.05 bits per heavy atom. The average Bonchev–Trinajstić information content (AvgIpc) is 2.56. The fourth-order valence-corrected chi connectivity index (χ4v) is 2.54. The van der Waals surface area contributed by atoms with Gasteiger partial charge >= 0.3 is 0 Å². The van der Waals surface area contributed by atoms with Crippen LogP contribution < -0.4 is 10.3 Å². The quantitative estimate of drug-likeness (QED) is 0.644. The summed E-state index contributed by atoms with van der Waals surface area (Å²) in [6.45, 7) is 2.03. The lowest BCUT2D eigenvalue weighted by atomic mass is 10.1. The van der Waals surface area contributed by atoms with Crippen LogP contribution in [-0.4, -0.2) is 24.6 Å². The minimum absolute atomic E-state index is 1.01. The number of hydrogen-bond acceptors (Lipinski definition) is 3. The Hall–Kier alpha value is -2.33. The Balaban J connectivity index is 2.41. The molecule has 0 radical (unpaired) electrons. The standard InChI is InChI=1S/C18H21N3S/c1-15(19-14-22)18(16-10-6-4-7-11-16)21(3)20(2)17-12-8-5-9-13-17/h4-14H,1-3H3,(H,19,22)/b18-15-. The van der Waals surface area contributed by atoms with Crippen molar-refractivity contribution in [2.45, 2.75) is 6.92 Å². The van der Waals surface area contributed by atoms with Gasteiger partial charge in [-0.15, -0.1) is 0 Å². The van der Waals surface area contributed by atoms with Gasteiger partial charge in [-0.3, -0.25) is 10.0 Å². The van der Waals surface area contributed by atoms with Gasteiger partial charge < -0.3 is 5.32 Å². The van der Waals surface area contributed by atoms with Crippen molar-refractivity contribution in [3.63, 3.8) is 0 Å². The van der Waals surface area contributed by atoms with Gasteiger partial charge in [-0.1, -0.05) is 60.7 Å². The number of anilines is 1. The molecule has 0 saturated carbocycles. The van der Waals surface area contributed by atoms with E-state index in [2.05, 4.69) is 39.6 Å². The summed E-state index contributed by atoms with van der Waals surface area (Å²) in [5, 5.41) is 7.36. The predicted octanol–water partition coefficient (Wildman–Crippen LogP) is 3.91. The molecule has 0 aliphatic rings. The number of hydrogen-bond donors (Lipinski definition) is 1. The van der Waals surface area contributed by atoms with Crippen molar-refractivity contribution < 1.29 is 0 Å². The van der Waals surface area contributed by atoms with Crippen LogP contribution in [0.4, 0.5) is 5.69 Å². The van der Waals surface area contributed by atoms with Crippen LogP contribution in [0.1, 0.15) is 12.5 Å². The molecule has 3 nitrogen and oxygen atoms in total. The van der Waals surface area contributed by atoms with Crippen molar-refractivity contribution in [1.82, 2.24) is 10.3 Å². The summed E-state index contributed by atoms with van der Waals surface area (Å²) >= 11 is 4.94. The summed E-state index contributed by atoms with van der Waals surface area (Å²) in [7, 11) is 4.09. The molecular formula is C18H21N3S. The van der Waals surface area contributed by atoms with Crippen molar-refractivity contribution in [3.8, 4) is 0 Å². The number of nitrogens with one attached hydrogen (secondary N) is 1. The average molecular weight is 311 g/mol. The Kier molecular flexibility index (Phi) is 5.55. The van der Waals surface area contributed by atoms with Crippen molar-refractivity contribution in [3.05, 3.63) is 71.9 Å². The van der Waals surface area contributed by atoms with E-state index in [0.29, 0.717) is 0 Å². The third-order valence-electron chi connectivity index (χ3n) is 3.58. The molecule has 0 fully saturated rings. The van der Waals surface area contributed by atoms with Gasteiger partial charge in [0.2, 0.25) is 0 Å². The molecule has 1 N–H and O–H groups in total. The zero-order valence-electron chi connectivity index (χ0n) is 13.2. The maximum absolute atomic E-state index is 4.94. The minimum atomic E-state index is 1.01. The molecule has 0 aromatic heterocycles. The van der Waals surface area contributed by atoms with Crippen molar-refractivity contribution in [2.75, 3.05) is 19.1 Å². The summed E-state index contributed by atoms with van der Waals surface area (Å²) in [6, 6.07) is 20.5. The molecule has 0 atom stereocenters. The lowest BCUT2D eigenvalue weighted by molar-refractivity contribution is 0.463. The monoisotopic (exact) mass is 311 g/mol. The molecule has 4 heteroatoms. The highest BCUT2D eigenvalue weighted by Crippen LogP contribution is 2.24. The van der Waals surface area contributed by atoms with E-state index < -0.39 is 0 Å². The molecule has 22 heavy (non-hydrogen) atoms. The number of thiocarbonyl (C=S) groups is 1. The first-order valence-electron chi connectivity index (χ1n) is 7.14. The third kappa shape index (κ3) is 3.65. The lowest BCUT2D eigenvalue weighted by Gasteiger charge is -2.35. The first kappa shape index (κ1) is 16.0. The highest BCUT2D eigenvalue weighted by molar-refractivity contribution is 7.78. The highest BCUT2D eigenvalue weighted by atomic mass is 32.1. The molecule has 0 saturated heterocycles. The number of nitrogens with zero attached hydrogens (tertiary/aromatic N) is 2. The van der Waals surface area contributed by atoms with Crippen LogP contribution in [-0.2, 0) is 0 Å². The Morgan fingerprint density at radius 1 is 0.955 bits per heavy atom. The molecule has 0 unspecified atom stereocenters. The van der Waals surface area contributed by atoms with E-state index in [-0.39, 0.29) is 0 Å². The van der Waals surface area contributed by atoms with E-state index in [9.17, 15) is 0 Å². The molecule has 2 aromatic rings. The molecule has 0 aliphatic carbocycles. The zero-order chi connectivity index (χ0) is 15.9. The summed E-state index contributed by atoms with van der Waals surface area (Å²) < 4.78 is 0. The Bertz CT molecular complexity index is 638. The molecule has 0 aliphatic heterocycles.